The quantitative estimate of drug-likeness (QED) is 0.416. The predicted molar refractivity (Wildman–Crippen MR) is 120 cm³/mol. The predicted octanol–water partition coefficient (Wildman–Crippen LogP) is 2.69. The summed E-state index contributed by atoms with van der Waals surface area (Å²) in [5, 5.41) is 6.08. The fraction of sp³-hybridized carbons (Fsp3) is 0.227. The van der Waals surface area contributed by atoms with Crippen molar-refractivity contribution in [2.75, 3.05) is 10.6 Å². The summed E-state index contributed by atoms with van der Waals surface area (Å²) in [6.45, 7) is 3.97. The van der Waals surface area contributed by atoms with Crippen molar-refractivity contribution in [2.45, 2.75) is 26.3 Å². The molecule has 0 radical (unpaired) electrons. The van der Waals surface area contributed by atoms with Crippen LogP contribution in [0.1, 0.15) is 30.8 Å². The first-order valence-electron chi connectivity index (χ1n) is 9.84. The number of nitrogens with two attached hydrogens (primary N) is 2. The van der Waals surface area contributed by atoms with Crippen molar-refractivity contribution in [3.05, 3.63) is 60.6 Å². The molecule has 0 fully saturated rings. The maximum Gasteiger partial charge on any atom is 0.271 e. The molecule has 9 nitrogen and oxygen atoms in total. The lowest BCUT2D eigenvalue weighted by Gasteiger charge is -2.19. The van der Waals surface area contributed by atoms with E-state index in [1.807, 2.05) is 56.3 Å². The molecule has 0 aliphatic carbocycles. The van der Waals surface area contributed by atoms with Gasteiger partial charge in [0.2, 0.25) is 5.91 Å². The number of amides is 2. The largest absolute Gasteiger partial charge is 0.368 e. The first kappa shape index (κ1) is 21.7. The van der Waals surface area contributed by atoms with Gasteiger partial charge in [0.1, 0.15) is 11.9 Å². The molecular weight excluding hydrogens is 394 g/mol. The van der Waals surface area contributed by atoms with Crippen LogP contribution >= 0.6 is 0 Å². The minimum Gasteiger partial charge on any atom is -0.368 e. The Morgan fingerprint density at radius 2 is 1.87 bits per heavy atom. The number of hydrogen-bond acceptors (Lipinski definition) is 7. The van der Waals surface area contributed by atoms with Crippen LogP contribution in [0.2, 0.25) is 0 Å². The second kappa shape index (κ2) is 9.66. The lowest BCUT2D eigenvalue weighted by atomic mass is 10.0. The summed E-state index contributed by atoms with van der Waals surface area (Å²) in [7, 11) is 0. The highest BCUT2D eigenvalue weighted by molar-refractivity contribution is 5.96. The molecule has 0 bridgehead atoms. The molecule has 2 amide bonds. The molecule has 3 rings (SSSR count). The molecule has 0 aliphatic heterocycles. The second-order valence-corrected chi connectivity index (χ2v) is 7.47. The first-order valence-corrected chi connectivity index (χ1v) is 9.84. The summed E-state index contributed by atoms with van der Waals surface area (Å²) in [5.41, 5.74) is 13.3. The number of nitrogens with one attached hydrogen (secondary N) is 2. The van der Waals surface area contributed by atoms with Crippen molar-refractivity contribution in [1.82, 2.24) is 15.0 Å². The monoisotopic (exact) mass is 419 g/mol. The number of carbonyl (C=O) groups is 2. The van der Waals surface area contributed by atoms with E-state index in [1.54, 1.807) is 6.20 Å². The van der Waals surface area contributed by atoms with Crippen LogP contribution in [-0.4, -0.2) is 32.8 Å². The van der Waals surface area contributed by atoms with Crippen molar-refractivity contribution < 1.29 is 9.59 Å². The molecule has 1 aromatic carbocycles. The average Bonchev–Trinajstić information content (AvgIpc) is 2.74. The van der Waals surface area contributed by atoms with E-state index in [2.05, 4.69) is 25.6 Å². The molecule has 2 aromatic heterocycles. The van der Waals surface area contributed by atoms with Crippen LogP contribution in [0.3, 0.4) is 0 Å². The van der Waals surface area contributed by atoms with E-state index in [-0.39, 0.29) is 17.4 Å². The van der Waals surface area contributed by atoms with E-state index in [0.717, 1.165) is 11.3 Å². The van der Waals surface area contributed by atoms with Gasteiger partial charge in [-0.05, 0) is 36.6 Å². The van der Waals surface area contributed by atoms with E-state index in [4.69, 9.17) is 11.5 Å². The van der Waals surface area contributed by atoms with Crippen molar-refractivity contribution in [2.24, 2.45) is 17.4 Å². The van der Waals surface area contributed by atoms with Gasteiger partial charge in [-0.15, -0.1) is 0 Å². The Bertz CT molecular complexity index is 1070. The normalized spacial score (nSPS) is 11.7. The Hall–Kier alpha value is -4.01. The van der Waals surface area contributed by atoms with Gasteiger partial charge in [0.25, 0.3) is 5.91 Å². The van der Waals surface area contributed by atoms with Gasteiger partial charge in [-0.25, -0.2) is 9.97 Å². The van der Waals surface area contributed by atoms with Gasteiger partial charge < -0.3 is 22.1 Å². The highest BCUT2D eigenvalue weighted by Gasteiger charge is 2.19. The molecule has 0 aliphatic rings. The fourth-order valence-corrected chi connectivity index (χ4v) is 3.05. The summed E-state index contributed by atoms with van der Waals surface area (Å²) in [4.78, 5) is 36.5. The first-order chi connectivity index (χ1) is 14.8. The summed E-state index contributed by atoms with van der Waals surface area (Å²) in [6.07, 6.45) is 3.60. The molecule has 160 valence electrons. The Morgan fingerprint density at radius 3 is 2.52 bits per heavy atom. The average molecular weight is 419 g/mol. The molecule has 9 heteroatoms. The molecule has 0 spiro atoms. The number of anilines is 3. The topological polar surface area (TPSA) is 149 Å². The van der Waals surface area contributed by atoms with Gasteiger partial charge in [-0.2, -0.15) is 0 Å². The van der Waals surface area contributed by atoms with E-state index < -0.39 is 17.9 Å². The molecule has 1 atom stereocenters. The molecule has 6 N–H and O–H groups in total. The second-order valence-electron chi connectivity index (χ2n) is 7.47. The Balaban J connectivity index is 1.90. The smallest absolute Gasteiger partial charge is 0.271 e. The lowest BCUT2D eigenvalue weighted by molar-refractivity contribution is -0.119. The molecular formula is C22H25N7O2. The van der Waals surface area contributed by atoms with Crippen LogP contribution in [0, 0.1) is 5.92 Å². The van der Waals surface area contributed by atoms with E-state index >= 15 is 0 Å². The van der Waals surface area contributed by atoms with Crippen LogP contribution in [0.5, 0.6) is 0 Å². The summed E-state index contributed by atoms with van der Waals surface area (Å²) in [5.74, 6) is -0.501. The van der Waals surface area contributed by atoms with Gasteiger partial charge in [-0.1, -0.05) is 32.0 Å². The number of hydrogen-bond donors (Lipinski definition) is 4. The molecule has 3 aromatic rings. The van der Waals surface area contributed by atoms with Crippen LogP contribution in [0.25, 0.3) is 11.3 Å². The molecule has 2 heterocycles. The van der Waals surface area contributed by atoms with Gasteiger partial charge in [0.15, 0.2) is 11.5 Å². The SMILES string of the molecule is CC(C)CC(Nc1cnc(C(N)=O)c(Nc2cccc(-c3ccccn3)c2)n1)C(N)=O. The van der Waals surface area contributed by atoms with E-state index in [1.165, 1.54) is 6.20 Å². The summed E-state index contributed by atoms with van der Waals surface area (Å²) >= 11 is 0. The minimum atomic E-state index is -0.726. The maximum atomic E-state index is 11.9. The number of aromatic nitrogens is 3. The third-order valence-corrected chi connectivity index (χ3v) is 4.46. The highest BCUT2D eigenvalue weighted by Crippen LogP contribution is 2.24. The molecule has 0 saturated carbocycles. The summed E-state index contributed by atoms with van der Waals surface area (Å²) < 4.78 is 0. The Kier molecular flexibility index (Phi) is 6.76. The Morgan fingerprint density at radius 1 is 1.06 bits per heavy atom. The van der Waals surface area contributed by atoms with Gasteiger partial charge in [0, 0.05) is 17.4 Å². The highest BCUT2D eigenvalue weighted by atomic mass is 16.1. The number of carbonyl (C=O) groups excluding carboxylic acids is 2. The third-order valence-electron chi connectivity index (χ3n) is 4.46. The van der Waals surface area contributed by atoms with Crippen LogP contribution in [-0.2, 0) is 4.79 Å². The van der Waals surface area contributed by atoms with Crippen molar-refractivity contribution >= 4 is 29.1 Å². The number of primary amides is 2. The lowest BCUT2D eigenvalue weighted by Crippen LogP contribution is -2.37. The zero-order valence-corrected chi connectivity index (χ0v) is 17.4. The van der Waals surface area contributed by atoms with E-state index in [0.29, 0.717) is 17.9 Å². The fourth-order valence-electron chi connectivity index (χ4n) is 3.05. The number of nitrogens with zero attached hydrogens (tertiary/aromatic N) is 3. The van der Waals surface area contributed by atoms with Crippen molar-refractivity contribution in [3.63, 3.8) is 0 Å². The van der Waals surface area contributed by atoms with Crippen molar-refractivity contribution in [1.29, 1.82) is 0 Å². The number of rotatable bonds is 9. The van der Waals surface area contributed by atoms with Crippen LogP contribution < -0.4 is 22.1 Å². The summed E-state index contributed by atoms with van der Waals surface area (Å²) in [6, 6.07) is 12.5. The Labute approximate surface area is 180 Å². The zero-order valence-electron chi connectivity index (χ0n) is 17.4. The van der Waals surface area contributed by atoms with Crippen LogP contribution in [0.15, 0.2) is 54.9 Å². The van der Waals surface area contributed by atoms with Gasteiger partial charge in [-0.3, -0.25) is 14.6 Å². The molecule has 1 unspecified atom stereocenters. The van der Waals surface area contributed by atoms with E-state index in [9.17, 15) is 9.59 Å². The number of benzene rings is 1. The van der Waals surface area contributed by atoms with Crippen LogP contribution in [0.4, 0.5) is 17.3 Å². The number of pyridine rings is 1. The molecule has 31 heavy (non-hydrogen) atoms. The zero-order chi connectivity index (χ0) is 22.4. The van der Waals surface area contributed by atoms with Crippen molar-refractivity contribution in [3.8, 4) is 11.3 Å². The molecule has 0 saturated heterocycles. The maximum absolute atomic E-state index is 11.9. The minimum absolute atomic E-state index is 0.0201. The van der Waals surface area contributed by atoms with Gasteiger partial charge >= 0.3 is 0 Å². The standard InChI is InChI=1S/C22H25N7O2/c1-13(2)10-17(20(23)30)28-18-12-26-19(21(24)31)22(29-18)27-15-7-5-6-14(11-15)16-8-3-4-9-25-16/h3-9,11-13,17H,10H2,1-2H3,(H2,23,30)(H2,24,31)(H2,27,28,29). The van der Waals surface area contributed by atoms with Gasteiger partial charge in [0.05, 0.1) is 11.9 Å². The third kappa shape index (κ3) is 5.75.